The summed E-state index contributed by atoms with van der Waals surface area (Å²) in [7, 11) is 1.43. The fraction of sp³-hybridized carbons (Fsp3) is 0.467. The SMILES string of the molecule is COCCC(C(=O)NCc1cc(C(=N)N)cs1)N(CF)C(=O)CNC=O. The van der Waals surface area contributed by atoms with Gasteiger partial charge in [-0.1, -0.05) is 0 Å². The number of hydrogen-bond donors (Lipinski definition) is 4. The van der Waals surface area contributed by atoms with Gasteiger partial charge in [0.25, 0.3) is 0 Å². The minimum Gasteiger partial charge on any atom is -0.385 e. The number of nitrogens with two attached hydrogens (primary N) is 1. The van der Waals surface area contributed by atoms with Crippen molar-refractivity contribution in [3.8, 4) is 0 Å². The van der Waals surface area contributed by atoms with Gasteiger partial charge in [-0.3, -0.25) is 19.8 Å². The molecule has 0 aliphatic rings. The van der Waals surface area contributed by atoms with Gasteiger partial charge in [0.15, 0.2) is 6.80 Å². The zero-order valence-corrected chi connectivity index (χ0v) is 15.1. The number of rotatable bonds is 12. The molecule has 3 amide bonds. The van der Waals surface area contributed by atoms with Crippen molar-refractivity contribution in [2.24, 2.45) is 5.73 Å². The Balaban J connectivity index is 2.77. The maximum Gasteiger partial charge on any atom is 0.244 e. The second kappa shape index (κ2) is 11.2. The van der Waals surface area contributed by atoms with Gasteiger partial charge in [-0.2, -0.15) is 0 Å². The lowest BCUT2D eigenvalue weighted by atomic mass is 10.1. The average molecular weight is 387 g/mol. The average Bonchev–Trinajstić information content (AvgIpc) is 3.10. The highest BCUT2D eigenvalue weighted by atomic mass is 32.1. The van der Waals surface area contributed by atoms with E-state index in [-0.39, 0.29) is 25.4 Å². The zero-order valence-electron chi connectivity index (χ0n) is 14.3. The lowest BCUT2D eigenvalue weighted by Crippen LogP contribution is -2.51. The van der Waals surface area contributed by atoms with Crippen LogP contribution in [0.2, 0.25) is 0 Å². The number of halogens is 1. The number of carbonyl (C=O) groups excluding carboxylic acids is 3. The normalized spacial score (nSPS) is 11.5. The lowest BCUT2D eigenvalue weighted by molar-refractivity contribution is -0.143. The van der Waals surface area contributed by atoms with E-state index in [0.717, 1.165) is 9.78 Å². The molecule has 0 aliphatic carbocycles. The van der Waals surface area contributed by atoms with Gasteiger partial charge in [-0.05, 0) is 6.07 Å². The zero-order chi connectivity index (χ0) is 19.5. The van der Waals surface area contributed by atoms with Crippen LogP contribution in [0.4, 0.5) is 4.39 Å². The third-order valence-electron chi connectivity index (χ3n) is 3.46. The number of ether oxygens (including phenoxy) is 1. The number of alkyl halides is 1. The molecule has 9 nitrogen and oxygen atoms in total. The van der Waals surface area contributed by atoms with Crippen LogP contribution in [0.5, 0.6) is 0 Å². The quantitative estimate of drug-likeness (QED) is 0.167. The molecule has 0 radical (unpaired) electrons. The summed E-state index contributed by atoms with van der Waals surface area (Å²) in [5, 5.41) is 13.8. The molecule has 0 fully saturated rings. The van der Waals surface area contributed by atoms with Gasteiger partial charge in [0, 0.05) is 36.0 Å². The summed E-state index contributed by atoms with van der Waals surface area (Å²) in [6.07, 6.45) is 0.421. The number of carbonyl (C=O) groups is 3. The van der Waals surface area contributed by atoms with E-state index in [2.05, 4.69) is 10.6 Å². The van der Waals surface area contributed by atoms with Crippen molar-refractivity contribution >= 4 is 35.4 Å². The van der Waals surface area contributed by atoms with Crippen LogP contribution in [0.3, 0.4) is 0 Å². The number of amides is 3. The van der Waals surface area contributed by atoms with E-state index < -0.39 is 31.2 Å². The summed E-state index contributed by atoms with van der Waals surface area (Å²) in [6, 6.07) is 0.594. The molecule has 0 spiro atoms. The molecule has 0 saturated carbocycles. The van der Waals surface area contributed by atoms with Gasteiger partial charge in [0.1, 0.15) is 11.9 Å². The third-order valence-corrected chi connectivity index (χ3v) is 4.40. The number of methoxy groups -OCH3 is 1. The van der Waals surface area contributed by atoms with Crippen molar-refractivity contribution in [2.45, 2.75) is 19.0 Å². The molecule has 5 N–H and O–H groups in total. The topological polar surface area (TPSA) is 138 Å². The molecular formula is C15H22FN5O4S. The highest BCUT2D eigenvalue weighted by Crippen LogP contribution is 2.14. The number of thiophene rings is 1. The van der Waals surface area contributed by atoms with Crippen LogP contribution in [-0.2, 0) is 25.7 Å². The maximum absolute atomic E-state index is 13.4. The largest absolute Gasteiger partial charge is 0.385 e. The van der Waals surface area contributed by atoms with Gasteiger partial charge in [0.2, 0.25) is 18.2 Å². The molecule has 1 unspecified atom stereocenters. The first-order chi connectivity index (χ1) is 12.4. The molecule has 0 aromatic carbocycles. The fourth-order valence-corrected chi connectivity index (χ4v) is 2.94. The Hall–Kier alpha value is -2.53. The standard InChI is InChI=1S/C15H22FN5O4S/c1-25-3-2-12(21(8-16)13(23)6-19-9-22)15(24)20-5-11-4-10(7-26-11)14(17)18/h4,7,9,12H,2-3,5-6,8H2,1H3,(H3,17,18)(H,19,22)(H,20,24). The molecule has 1 atom stereocenters. The Morgan fingerprint density at radius 2 is 2.27 bits per heavy atom. The Kier molecular flexibility index (Phi) is 9.23. The minimum absolute atomic E-state index is 0.0753. The van der Waals surface area contributed by atoms with E-state index in [9.17, 15) is 18.8 Å². The van der Waals surface area contributed by atoms with Crippen LogP contribution in [0.1, 0.15) is 16.9 Å². The van der Waals surface area contributed by atoms with Crippen LogP contribution in [0.15, 0.2) is 11.4 Å². The van der Waals surface area contributed by atoms with Crippen LogP contribution in [-0.4, -0.2) is 62.1 Å². The van der Waals surface area contributed by atoms with Crippen LogP contribution in [0, 0.1) is 5.41 Å². The van der Waals surface area contributed by atoms with E-state index in [4.69, 9.17) is 15.9 Å². The van der Waals surface area contributed by atoms with E-state index in [1.807, 2.05) is 0 Å². The first-order valence-corrected chi connectivity index (χ1v) is 8.53. The summed E-state index contributed by atoms with van der Waals surface area (Å²) in [4.78, 5) is 36.3. The van der Waals surface area contributed by atoms with Crippen molar-refractivity contribution in [2.75, 3.05) is 27.1 Å². The number of nitrogens with zero attached hydrogens (tertiary/aromatic N) is 1. The van der Waals surface area contributed by atoms with Gasteiger partial charge in [0.05, 0.1) is 13.1 Å². The van der Waals surface area contributed by atoms with Crippen LogP contribution in [0.25, 0.3) is 0 Å². The monoisotopic (exact) mass is 387 g/mol. The summed E-state index contributed by atoms with van der Waals surface area (Å²) < 4.78 is 18.3. The van der Waals surface area contributed by atoms with Crippen LogP contribution < -0.4 is 16.4 Å². The fourth-order valence-electron chi connectivity index (χ4n) is 2.12. The highest BCUT2D eigenvalue weighted by Gasteiger charge is 2.29. The smallest absolute Gasteiger partial charge is 0.244 e. The highest BCUT2D eigenvalue weighted by molar-refractivity contribution is 7.10. The molecule has 144 valence electrons. The van der Waals surface area contributed by atoms with Crippen LogP contribution >= 0.6 is 11.3 Å². The second-order valence-corrected chi connectivity index (χ2v) is 6.21. The summed E-state index contributed by atoms with van der Waals surface area (Å²) in [5.41, 5.74) is 5.94. The Bertz CT molecular complexity index is 639. The lowest BCUT2D eigenvalue weighted by Gasteiger charge is -2.28. The van der Waals surface area contributed by atoms with Crippen molar-refractivity contribution in [1.82, 2.24) is 15.5 Å². The Labute approximate surface area is 154 Å². The summed E-state index contributed by atoms with van der Waals surface area (Å²) in [5.74, 6) is -1.34. The maximum atomic E-state index is 13.4. The van der Waals surface area contributed by atoms with E-state index >= 15 is 0 Å². The molecule has 26 heavy (non-hydrogen) atoms. The molecule has 1 rings (SSSR count). The molecular weight excluding hydrogens is 365 g/mol. The Morgan fingerprint density at radius 1 is 1.54 bits per heavy atom. The van der Waals surface area contributed by atoms with Gasteiger partial charge in [-0.15, -0.1) is 11.3 Å². The molecule has 1 aromatic heterocycles. The van der Waals surface area contributed by atoms with Crippen molar-refractivity contribution < 1.29 is 23.5 Å². The van der Waals surface area contributed by atoms with Gasteiger partial charge in [-0.25, -0.2) is 4.39 Å². The van der Waals surface area contributed by atoms with Gasteiger partial charge >= 0.3 is 0 Å². The summed E-state index contributed by atoms with van der Waals surface area (Å²) >= 11 is 1.32. The molecule has 1 aromatic rings. The van der Waals surface area contributed by atoms with E-state index in [1.165, 1.54) is 18.4 Å². The number of nitrogens with one attached hydrogen (secondary N) is 3. The first kappa shape index (κ1) is 21.5. The number of hydrogen-bond acceptors (Lipinski definition) is 6. The minimum atomic E-state index is -1.17. The van der Waals surface area contributed by atoms with Crippen molar-refractivity contribution in [1.29, 1.82) is 5.41 Å². The number of nitrogen functional groups attached to an aromatic ring is 1. The number of amidine groups is 1. The molecule has 0 bridgehead atoms. The summed E-state index contributed by atoms with van der Waals surface area (Å²) in [6.45, 7) is -1.27. The first-order valence-electron chi connectivity index (χ1n) is 7.65. The van der Waals surface area contributed by atoms with E-state index in [0.29, 0.717) is 12.0 Å². The molecule has 0 saturated heterocycles. The Morgan fingerprint density at radius 3 is 2.81 bits per heavy atom. The third kappa shape index (κ3) is 6.41. The van der Waals surface area contributed by atoms with Crippen molar-refractivity contribution in [3.05, 3.63) is 21.9 Å². The molecule has 0 aliphatic heterocycles. The predicted molar refractivity (Wildman–Crippen MR) is 94.4 cm³/mol. The van der Waals surface area contributed by atoms with Gasteiger partial charge < -0.3 is 26.0 Å². The molecule has 1 heterocycles. The molecule has 11 heteroatoms. The second-order valence-electron chi connectivity index (χ2n) is 5.21. The van der Waals surface area contributed by atoms with Crippen molar-refractivity contribution in [3.63, 3.8) is 0 Å². The van der Waals surface area contributed by atoms with E-state index in [1.54, 1.807) is 11.4 Å². The predicted octanol–water partition coefficient (Wildman–Crippen LogP) is -0.445.